The first-order valence-corrected chi connectivity index (χ1v) is 8.07. The standard InChI is InChI=1S/C13H22INO3/c1-12(2,3)18-11(16)15-8-10(7-14)17-9-13(15)5-4-6-13/h10H,4-9H2,1-3H3. The Morgan fingerprint density at radius 2 is 2.17 bits per heavy atom. The normalized spacial score (nSPS) is 26.9. The van der Waals surface area contributed by atoms with Gasteiger partial charge in [-0.05, 0) is 40.0 Å². The van der Waals surface area contributed by atoms with Crippen LogP contribution >= 0.6 is 22.6 Å². The van der Waals surface area contributed by atoms with Crippen LogP contribution in [0.5, 0.6) is 0 Å². The number of alkyl halides is 1. The van der Waals surface area contributed by atoms with Crippen molar-refractivity contribution in [1.82, 2.24) is 4.90 Å². The predicted molar refractivity (Wildman–Crippen MR) is 78.1 cm³/mol. The summed E-state index contributed by atoms with van der Waals surface area (Å²) in [5, 5.41) is 0. The van der Waals surface area contributed by atoms with Crippen LogP contribution in [-0.4, -0.2) is 45.8 Å². The number of carbonyl (C=O) groups excluding carboxylic acids is 1. The molecule has 2 aliphatic rings. The molecular weight excluding hydrogens is 345 g/mol. The van der Waals surface area contributed by atoms with Crippen LogP contribution in [0.25, 0.3) is 0 Å². The molecule has 1 spiro atoms. The van der Waals surface area contributed by atoms with Gasteiger partial charge in [0.1, 0.15) is 5.60 Å². The quantitative estimate of drug-likeness (QED) is 0.528. The summed E-state index contributed by atoms with van der Waals surface area (Å²) in [4.78, 5) is 14.3. The lowest BCUT2D eigenvalue weighted by Gasteiger charge is -2.53. The largest absolute Gasteiger partial charge is 0.444 e. The SMILES string of the molecule is CC(C)(C)OC(=O)N1CC(CI)OCC12CCC2. The molecule has 18 heavy (non-hydrogen) atoms. The fourth-order valence-corrected chi connectivity index (χ4v) is 3.01. The Labute approximate surface area is 123 Å². The molecule has 1 amide bonds. The number of amides is 1. The van der Waals surface area contributed by atoms with Gasteiger partial charge in [0.05, 0.1) is 24.8 Å². The lowest BCUT2D eigenvalue weighted by Crippen LogP contribution is -2.65. The smallest absolute Gasteiger partial charge is 0.410 e. The molecular formula is C13H22INO3. The molecule has 1 saturated carbocycles. The minimum absolute atomic E-state index is 0.0787. The summed E-state index contributed by atoms with van der Waals surface area (Å²) < 4.78 is 12.3. The van der Waals surface area contributed by atoms with Crippen molar-refractivity contribution in [3.63, 3.8) is 0 Å². The Morgan fingerprint density at radius 1 is 1.50 bits per heavy atom. The highest BCUT2D eigenvalue weighted by Crippen LogP contribution is 2.41. The number of rotatable bonds is 1. The molecule has 1 atom stereocenters. The summed E-state index contributed by atoms with van der Waals surface area (Å²) in [7, 11) is 0. The number of carbonyl (C=O) groups is 1. The third-order valence-corrected chi connectivity index (χ3v) is 4.60. The maximum absolute atomic E-state index is 12.3. The number of ether oxygens (including phenoxy) is 2. The molecule has 0 aromatic heterocycles. The lowest BCUT2D eigenvalue weighted by atomic mass is 9.75. The van der Waals surface area contributed by atoms with Crippen LogP contribution in [0.2, 0.25) is 0 Å². The van der Waals surface area contributed by atoms with Gasteiger partial charge in [-0.2, -0.15) is 0 Å². The van der Waals surface area contributed by atoms with Gasteiger partial charge in [-0.1, -0.05) is 22.6 Å². The molecule has 2 rings (SSSR count). The van der Waals surface area contributed by atoms with Crippen LogP contribution in [0, 0.1) is 0 Å². The summed E-state index contributed by atoms with van der Waals surface area (Å²) in [5.74, 6) is 0. The second-order valence-electron chi connectivity index (χ2n) is 6.26. The molecule has 0 radical (unpaired) electrons. The van der Waals surface area contributed by atoms with E-state index < -0.39 is 5.60 Å². The van der Waals surface area contributed by atoms with Gasteiger partial charge in [-0.15, -0.1) is 0 Å². The van der Waals surface area contributed by atoms with E-state index in [1.165, 1.54) is 6.42 Å². The molecule has 0 bridgehead atoms. The van der Waals surface area contributed by atoms with Gasteiger partial charge in [0.25, 0.3) is 0 Å². The van der Waals surface area contributed by atoms with Crippen LogP contribution in [0.3, 0.4) is 0 Å². The Hall–Kier alpha value is -0.0400. The zero-order valence-electron chi connectivity index (χ0n) is 11.4. The van der Waals surface area contributed by atoms with Crippen molar-refractivity contribution < 1.29 is 14.3 Å². The molecule has 1 saturated heterocycles. The minimum Gasteiger partial charge on any atom is -0.444 e. The predicted octanol–water partition coefficient (Wildman–Crippen LogP) is 2.98. The van der Waals surface area contributed by atoms with E-state index in [1.54, 1.807) is 0 Å². The van der Waals surface area contributed by atoms with Gasteiger partial charge in [0, 0.05) is 4.43 Å². The third kappa shape index (κ3) is 2.92. The first-order chi connectivity index (χ1) is 8.36. The Bertz CT molecular complexity index is 323. The third-order valence-electron chi connectivity index (χ3n) is 3.62. The van der Waals surface area contributed by atoms with Crippen LogP contribution in [0.1, 0.15) is 40.0 Å². The molecule has 2 fully saturated rings. The van der Waals surface area contributed by atoms with E-state index in [9.17, 15) is 4.79 Å². The first-order valence-electron chi connectivity index (χ1n) is 6.54. The average Bonchev–Trinajstić information content (AvgIpc) is 2.23. The highest BCUT2D eigenvalue weighted by atomic mass is 127. The molecule has 104 valence electrons. The Kier molecular flexibility index (Phi) is 4.11. The lowest BCUT2D eigenvalue weighted by molar-refractivity contribution is -0.130. The summed E-state index contributed by atoms with van der Waals surface area (Å²) in [5.41, 5.74) is -0.509. The maximum atomic E-state index is 12.3. The molecule has 1 unspecified atom stereocenters. The molecule has 0 aromatic carbocycles. The van der Waals surface area contributed by atoms with E-state index in [0.717, 1.165) is 17.3 Å². The number of halogens is 1. The minimum atomic E-state index is -0.430. The molecule has 0 aromatic rings. The maximum Gasteiger partial charge on any atom is 0.410 e. The van der Waals surface area contributed by atoms with Gasteiger partial charge in [-0.25, -0.2) is 4.79 Å². The Morgan fingerprint density at radius 3 is 2.61 bits per heavy atom. The fourth-order valence-electron chi connectivity index (χ4n) is 2.48. The van der Waals surface area contributed by atoms with Crippen molar-refractivity contribution in [2.45, 2.75) is 57.3 Å². The van der Waals surface area contributed by atoms with Crippen molar-refractivity contribution in [3.05, 3.63) is 0 Å². The van der Waals surface area contributed by atoms with Crippen molar-refractivity contribution >= 4 is 28.7 Å². The van der Waals surface area contributed by atoms with Crippen LogP contribution in [0.15, 0.2) is 0 Å². The molecule has 5 heteroatoms. The van der Waals surface area contributed by atoms with E-state index in [4.69, 9.17) is 9.47 Å². The van der Waals surface area contributed by atoms with Gasteiger partial charge in [0.2, 0.25) is 0 Å². The van der Waals surface area contributed by atoms with E-state index >= 15 is 0 Å². The highest BCUT2D eigenvalue weighted by molar-refractivity contribution is 14.1. The van der Waals surface area contributed by atoms with E-state index in [2.05, 4.69) is 22.6 Å². The second-order valence-corrected chi connectivity index (χ2v) is 7.14. The zero-order chi connectivity index (χ0) is 13.4. The summed E-state index contributed by atoms with van der Waals surface area (Å²) >= 11 is 2.31. The number of nitrogens with zero attached hydrogens (tertiary/aromatic N) is 1. The van der Waals surface area contributed by atoms with Crippen molar-refractivity contribution in [3.8, 4) is 0 Å². The second kappa shape index (κ2) is 5.15. The molecule has 0 N–H and O–H groups in total. The van der Waals surface area contributed by atoms with Crippen molar-refractivity contribution in [2.75, 3.05) is 17.6 Å². The first kappa shape index (κ1) is 14.4. The van der Waals surface area contributed by atoms with Crippen LogP contribution in [-0.2, 0) is 9.47 Å². The number of morpholine rings is 1. The van der Waals surface area contributed by atoms with Crippen LogP contribution < -0.4 is 0 Å². The van der Waals surface area contributed by atoms with Gasteiger partial charge in [-0.3, -0.25) is 4.90 Å². The summed E-state index contributed by atoms with van der Waals surface area (Å²) in [6, 6.07) is 0. The monoisotopic (exact) mass is 367 g/mol. The zero-order valence-corrected chi connectivity index (χ0v) is 13.5. The summed E-state index contributed by atoms with van der Waals surface area (Å²) in [6.07, 6.45) is 3.22. The Balaban J connectivity index is 2.08. The fraction of sp³-hybridized carbons (Fsp3) is 0.923. The topological polar surface area (TPSA) is 38.8 Å². The van der Waals surface area contributed by atoms with E-state index in [-0.39, 0.29) is 17.7 Å². The highest BCUT2D eigenvalue weighted by Gasteiger charge is 2.50. The van der Waals surface area contributed by atoms with Crippen molar-refractivity contribution in [1.29, 1.82) is 0 Å². The number of hydrogen-bond donors (Lipinski definition) is 0. The van der Waals surface area contributed by atoms with Gasteiger partial charge >= 0.3 is 6.09 Å². The summed E-state index contributed by atoms with van der Waals surface area (Å²) in [6.45, 7) is 7.07. The van der Waals surface area contributed by atoms with Crippen LogP contribution in [0.4, 0.5) is 4.79 Å². The molecule has 1 aliphatic carbocycles. The number of hydrogen-bond acceptors (Lipinski definition) is 3. The van der Waals surface area contributed by atoms with Crippen molar-refractivity contribution in [2.24, 2.45) is 0 Å². The van der Waals surface area contributed by atoms with Gasteiger partial charge < -0.3 is 9.47 Å². The molecule has 1 heterocycles. The average molecular weight is 367 g/mol. The molecule has 4 nitrogen and oxygen atoms in total. The van der Waals surface area contributed by atoms with E-state index in [0.29, 0.717) is 13.2 Å². The molecule has 1 aliphatic heterocycles. The van der Waals surface area contributed by atoms with E-state index in [1.807, 2.05) is 25.7 Å². The van der Waals surface area contributed by atoms with Gasteiger partial charge in [0.15, 0.2) is 0 Å².